The van der Waals surface area contributed by atoms with E-state index < -0.39 is 10.0 Å². The van der Waals surface area contributed by atoms with Crippen LogP contribution in [0.15, 0.2) is 51.7 Å². The number of hydrogen-bond donors (Lipinski definition) is 2. The van der Waals surface area contributed by atoms with Gasteiger partial charge in [0.15, 0.2) is 0 Å². The Morgan fingerprint density at radius 2 is 1.78 bits per heavy atom. The molecule has 0 radical (unpaired) electrons. The topological polar surface area (TPSA) is 110 Å². The average Bonchev–Trinajstić information content (AvgIpc) is 3.47. The molecule has 2 fully saturated rings. The highest BCUT2D eigenvalue weighted by atomic mass is 79.9. The third-order valence-electron chi connectivity index (χ3n) is 8.80. The van der Waals surface area contributed by atoms with Crippen molar-refractivity contribution in [2.75, 3.05) is 79.5 Å². The van der Waals surface area contributed by atoms with E-state index in [0.29, 0.717) is 49.9 Å². The van der Waals surface area contributed by atoms with Gasteiger partial charge in [-0.3, -0.25) is 9.21 Å². The molecule has 0 atom stereocenters. The number of sulfonamides is 1. The van der Waals surface area contributed by atoms with Crippen LogP contribution in [-0.2, 0) is 10.0 Å². The van der Waals surface area contributed by atoms with E-state index in [1.807, 2.05) is 12.1 Å². The molecule has 2 saturated heterocycles. The number of rotatable bonds is 8. The largest absolute Gasteiger partial charge is 0.464 e. The molecule has 6 rings (SSSR count). The summed E-state index contributed by atoms with van der Waals surface area (Å²) in [5.74, 6) is 0.772. The summed E-state index contributed by atoms with van der Waals surface area (Å²) in [6, 6.07) is 10.0. The summed E-state index contributed by atoms with van der Waals surface area (Å²) in [5, 5.41) is 7.89. The lowest BCUT2D eigenvalue weighted by Crippen LogP contribution is -2.52. The van der Waals surface area contributed by atoms with E-state index in [-0.39, 0.29) is 0 Å². The van der Waals surface area contributed by atoms with Crippen molar-refractivity contribution in [3.05, 3.63) is 57.9 Å². The molecule has 2 aromatic heterocycles. The van der Waals surface area contributed by atoms with Gasteiger partial charge in [-0.25, -0.2) is 13.4 Å². The van der Waals surface area contributed by atoms with Crippen LogP contribution in [0.4, 0.5) is 34.5 Å². The minimum Gasteiger partial charge on any atom is -0.464 e. The first-order valence-electron chi connectivity index (χ1n) is 15.0. The Balaban J connectivity index is 1.19. The highest BCUT2D eigenvalue weighted by Crippen LogP contribution is 2.37. The lowest BCUT2D eigenvalue weighted by atomic mass is 10.0. The zero-order valence-corrected chi connectivity index (χ0v) is 29.0. The van der Waals surface area contributed by atoms with E-state index in [0.717, 1.165) is 75.0 Å². The quantitative estimate of drug-likeness (QED) is 0.224. The molecule has 0 aliphatic carbocycles. The van der Waals surface area contributed by atoms with Crippen LogP contribution in [0.1, 0.15) is 18.4 Å². The Hall–Kier alpha value is -3.10. The molecule has 2 aliphatic heterocycles. The molecule has 0 amide bonds. The van der Waals surface area contributed by atoms with Crippen molar-refractivity contribution in [3.63, 3.8) is 0 Å². The van der Waals surface area contributed by atoms with Gasteiger partial charge in [0.25, 0.3) is 0 Å². The Kier molecular flexibility index (Phi) is 9.17. The zero-order chi connectivity index (χ0) is 31.9. The standard InChI is InChI=1S/C31H38BrClN8O3S/c1-20-15-25(24(33)17-27(20)41-8-5-22(6-9-41)40-12-10-38(2)11-13-40)36-31-34-19-23(32)30(37-31)35-26-18-29-21(7-14-44-29)16-28(26)39(3)45(4,42)43/h7,14-19,22H,5-6,8-13H2,1-4H3,(H2,34,35,36,37). The summed E-state index contributed by atoms with van der Waals surface area (Å²) in [4.78, 5) is 16.6. The minimum absolute atomic E-state index is 0.333. The van der Waals surface area contributed by atoms with Gasteiger partial charge in [-0.05, 0) is 72.6 Å². The van der Waals surface area contributed by atoms with Crippen LogP contribution in [0.2, 0.25) is 5.02 Å². The number of nitrogens with zero attached hydrogens (tertiary/aromatic N) is 6. The molecule has 0 bridgehead atoms. The lowest BCUT2D eigenvalue weighted by molar-refractivity contribution is 0.0982. The van der Waals surface area contributed by atoms with Gasteiger partial charge in [0.1, 0.15) is 11.4 Å². The summed E-state index contributed by atoms with van der Waals surface area (Å²) in [6.07, 6.45) is 6.65. The van der Waals surface area contributed by atoms with Crippen LogP contribution in [0.5, 0.6) is 0 Å². The van der Waals surface area contributed by atoms with Crippen molar-refractivity contribution in [1.29, 1.82) is 0 Å². The fraction of sp³-hybridized carbons (Fsp3) is 0.419. The van der Waals surface area contributed by atoms with E-state index in [1.165, 1.54) is 11.4 Å². The Morgan fingerprint density at radius 3 is 2.49 bits per heavy atom. The molecular weight excluding hydrogens is 680 g/mol. The maximum Gasteiger partial charge on any atom is 0.232 e. The number of benzene rings is 2. The van der Waals surface area contributed by atoms with E-state index in [9.17, 15) is 8.42 Å². The van der Waals surface area contributed by atoms with Crippen LogP contribution in [0.25, 0.3) is 11.0 Å². The van der Waals surface area contributed by atoms with Crippen LogP contribution < -0.4 is 19.8 Å². The Labute approximate surface area is 277 Å². The minimum atomic E-state index is -3.53. The molecular formula is C31H38BrClN8O3S. The fourth-order valence-corrected chi connectivity index (χ4v) is 7.07. The lowest BCUT2D eigenvalue weighted by Gasteiger charge is -2.43. The molecule has 11 nitrogen and oxygen atoms in total. The molecule has 240 valence electrons. The number of piperazine rings is 1. The van der Waals surface area contributed by atoms with E-state index in [4.69, 9.17) is 16.0 Å². The summed E-state index contributed by atoms with van der Waals surface area (Å²) in [7, 11) is 0.179. The van der Waals surface area contributed by atoms with E-state index in [2.05, 4.69) is 65.2 Å². The molecule has 14 heteroatoms. The molecule has 4 heterocycles. The maximum atomic E-state index is 12.4. The monoisotopic (exact) mass is 716 g/mol. The maximum absolute atomic E-state index is 12.4. The number of anilines is 6. The SMILES string of the molecule is Cc1cc(Nc2ncc(Br)c(Nc3cc4occc4cc3N(C)S(C)(=O)=O)n2)c(Cl)cc1N1CCC(N2CCN(C)CC2)CC1. The van der Waals surface area contributed by atoms with Crippen LogP contribution in [0, 0.1) is 6.92 Å². The van der Waals surface area contributed by atoms with Gasteiger partial charge in [0, 0.05) is 75.7 Å². The number of halogens is 2. The van der Waals surface area contributed by atoms with Crippen molar-refractivity contribution in [3.8, 4) is 0 Å². The third-order valence-corrected chi connectivity index (χ3v) is 10.9. The Bertz CT molecular complexity index is 1800. The molecule has 4 aromatic rings. The second-order valence-corrected chi connectivity index (χ2v) is 15.1. The number of aromatic nitrogens is 2. The van der Waals surface area contributed by atoms with Crippen molar-refractivity contribution in [2.24, 2.45) is 0 Å². The second kappa shape index (κ2) is 13.0. The number of piperidine rings is 1. The molecule has 0 saturated carbocycles. The highest BCUT2D eigenvalue weighted by molar-refractivity contribution is 9.10. The fourth-order valence-electron chi connectivity index (χ4n) is 6.07. The molecule has 2 aliphatic rings. The second-order valence-electron chi connectivity index (χ2n) is 11.9. The van der Waals surface area contributed by atoms with Crippen molar-refractivity contribution in [1.82, 2.24) is 19.8 Å². The van der Waals surface area contributed by atoms with Crippen LogP contribution >= 0.6 is 27.5 Å². The predicted octanol–water partition coefficient (Wildman–Crippen LogP) is 6.05. The van der Waals surface area contributed by atoms with Crippen LogP contribution in [-0.4, -0.2) is 93.8 Å². The van der Waals surface area contributed by atoms with Gasteiger partial charge in [-0.2, -0.15) is 4.98 Å². The van der Waals surface area contributed by atoms with Gasteiger partial charge < -0.3 is 24.9 Å². The number of fused-ring (bicyclic) bond motifs is 1. The number of hydrogen-bond acceptors (Lipinski definition) is 10. The van der Waals surface area contributed by atoms with Gasteiger partial charge in [0.2, 0.25) is 16.0 Å². The molecule has 2 aromatic carbocycles. The van der Waals surface area contributed by atoms with Crippen molar-refractivity contribution >= 4 is 83.0 Å². The van der Waals surface area contributed by atoms with Crippen molar-refractivity contribution < 1.29 is 12.8 Å². The van der Waals surface area contributed by atoms with Crippen molar-refractivity contribution in [2.45, 2.75) is 25.8 Å². The smallest absolute Gasteiger partial charge is 0.232 e. The number of furan rings is 1. The van der Waals surface area contributed by atoms with E-state index >= 15 is 0 Å². The van der Waals surface area contributed by atoms with Gasteiger partial charge in [-0.1, -0.05) is 11.6 Å². The number of nitrogens with one attached hydrogen (secondary N) is 2. The normalized spacial score (nSPS) is 17.2. The molecule has 0 unspecified atom stereocenters. The predicted molar refractivity (Wildman–Crippen MR) is 186 cm³/mol. The Morgan fingerprint density at radius 1 is 1.04 bits per heavy atom. The summed E-state index contributed by atoms with van der Waals surface area (Å²) in [6.45, 7) is 8.71. The number of likely N-dealkylation sites (N-methyl/N-ethyl adjacent to an activating group) is 1. The van der Waals surface area contributed by atoms with Crippen LogP contribution in [0.3, 0.4) is 0 Å². The first kappa shape index (κ1) is 31.9. The van der Waals surface area contributed by atoms with Gasteiger partial charge in [0.05, 0.1) is 39.1 Å². The summed E-state index contributed by atoms with van der Waals surface area (Å²) in [5.41, 5.74) is 4.54. The van der Waals surface area contributed by atoms with Gasteiger partial charge in [-0.15, -0.1) is 0 Å². The first-order chi connectivity index (χ1) is 21.5. The first-order valence-corrected chi connectivity index (χ1v) is 18.0. The number of aryl methyl sites for hydroxylation is 1. The summed E-state index contributed by atoms with van der Waals surface area (Å²) >= 11 is 10.3. The molecule has 0 spiro atoms. The average molecular weight is 718 g/mol. The molecule has 2 N–H and O–H groups in total. The molecule has 45 heavy (non-hydrogen) atoms. The third kappa shape index (κ3) is 7.02. The summed E-state index contributed by atoms with van der Waals surface area (Å²) < 4.78 is 32.2. The van der Waals surface area contributed by atoms with E-state index in [1.54, 1.807) is 30.7 Å². The highest BCUT2D eigenvalue weighted by Gasteiger charge is 2.27. The van der Waals surface area contributed by atoms with Gasteiger partial charge >= 0.3 is 0 Å². The zero-order valence-electron chi connectivity index (χ0n) is 25.8.